The van der Waals surface area contributed by atoms with Crippen molar-refractivity contribution in [2.24, 2.45) is 0 Å². The molecule has 8 nitrogen and oxygen atoms in total. The number of aromatic nitrogens is 2. The molecule has 9 heteroatoms. The molecular formula is C21H24N4O4S. The van der Waals surface area contributed by atoms with Crippen LogP contribution in [-0.2, 0) is 16.0 Å². The van der Waals surface area contributed by atoms with Crippen molar-refractivity contribution in [3.63, 3.8) is 0 Å². The van der Waals surface area contributed by atoms with E-state index in [2.05, 4.69) is 15.5 Å². The number of fused-ring (bicyclic) bond motifs is 1. The van der Waals surface area contributed by atoms with E-state index in [-0.39, 0.29) is 23.8 Å². The molecule has 2 aliphatic rings. The molecule has 1 N–H and O–H groups in total. The molecule has 0 radical (unpaired) electrons. The number of thioether (sulfide) groups is 1. The molecular weight excluding hydrogens is 404 g/mol. The van der Waals surface area contributed by atoms with Crippen molar-refractivity contribution < 1.29 is 18.8 Å². The van der Waals surface area contributed by atoms with Crippen LogP contribution in [0.5, 0.6) is 5.75 Å². The van der Waals surface area contributed by atoms with E-state index in [1.807, 2.05) is 45.0 Å². The van der Waals surface area contributed by atoms with Crippen molar-refractivity contribution in [2.45, 2.75) is 45.0 Å². The number of β-lactam (4-membered cyclic amide) rings is 1. The summed E-state index contributed by atoms with van der Waals surface area (Å²) in [5, 5.41) is 6.60. The van der Waals surface area contributed by atoms with E-state index in [9.17, 15) is 9.59 Å². The average Bonchev–Trinajstić information content (AvgIpc) is 3.20. The van der Waals surface area contributed by atoms with Crippen LogP contribution in [0.4, 0.5) is 0 Å². The molecule has 1 aromatic heterocycles. The molecule has 2 atom stereocenters. The summed E-state index contributed by atoms with van der Waals surface area (Å²) in [6.45, 7) is 5.84. The Labute approximate surface area is 179 Å². The summed E-state index contributed by atoms with van der Waals surface area (Å²) in [6, 6.07) is 6.86. The van der Waals surface area contributed by atoms with Crippen molar-refractivity contribution in [1.29, 1.82) is 0 Å². The minimum atomic E-state index is -0.592. The molecule has 158 valence electrons. The average molecular weight is 429 g/mol. The first-order chi connectivity index (χ1) is 14.5. The molecule has 0 spiro atoms. The molecule has 0 bridgehead atoms. The maximum atomic E-state index is 12.8. The largest absolute Gasteiger partial charge is 0.484 e. The monoisotopic (exact) mass is 428 g/mol. The molecule has 30 heavy (non-hydrogen) atoms. The van der Waals surface area contributed by atoms with Crippen molar-refractivity contribution in [3.8, 4) is 5.75 Å². The fraction of sp³-hybridized carbons (Fsp3) is 0.429. The van der Waals surface area contributed by atoms with Gasteiger partial charge in [-0.25, -0.2) is 0 Å². The maximum absolute atomic E-state index is 12.8. The molecule has 3 heterocycles. The number of hydrogen-bond donors (Lipinski definition) is 1. The van der Waals surface area contributed by atoms with Gasteiger partial charge in [-0.15, -0.1) is 11.8 Å². The van der Waals surface area contributed by atoms with Crippen LogP contribution in [0.1, 0.15) is 37.5 Å². The van der Waals surface area contributed by atoms with Crippen molar-refractivity contribution >= 4 is 29.3 Å². The SMILES string of the molecule is CCCc1noc(C2=C(C)CSC3[C@H](NC(=O)COc4ccc(C)cc4)C(=O)N23)n1. The minimum Gasteiger partial charge on any atom is -0.484 e. The Balaban J connectivity index is 1.39. The fourth-order valence-electron chi connectivity index (χ4n) is 3.45. The number of nitrogens with one attached hydrogen (secondary N) is 1. The van der Waals surface area contributed by atoms with Crippen molar-refractivity contribution in [3.05, 3.63) is 47.1 Å². The third kappa shape index (κ3) is 3.94. The van der Waals surface area contributed by atoms with Crippen molar-refractivity contribution in [1.82, 2.24) is 20.4 Å². The molecule has 1 aromatic carbocycles. The second kappa shape index (κ2) is 8.51. The fourth-order valence-corrected chi connectivity index (χ4v) is 4.74. The Morgan fingerprint density at radius 2 is 2.10 bits per heavy atom. The van der Waals surface area contributed by atoms with Gasteiger partial charge in [0.15, 0.2) is 12.4 Å². The van der Waals surface area contributed by atoms with Gasteiger partial charge in [0.25, 0.3) is 17.7 Å². The van der Waals surface area contributed by atoms with Crippen molar-refractivity contribution in [2.75, 3.05) is 12.4 Å². The van der Waals surface area contributed by atoms with Gasteiger partial charge < -0.3 is 14.6 Å². The Hall–Kier alpha value is -2.81. The van der Waals surface area contributed by atoms with E-state index < -0.39 is 6.04 Å². The highest BCUT2D eigenvalue weighted by atomic mass is 32.2. The number of benzene rings is 1. The van der Waals surface area contributed by atoms with Gasteiger partial charge in [0.1, 0.15) is 22.9 Å². The summed E-state index contributed by atoms with van der Waals surface area (Å²) in [7, 11) is 0. The normalized spacial score (nSPS) is 20.6. The van der Waals surface area contributed by atoms with Gasteiger partial charge in [0, 0.05) is 12.2 Å². The molecule has 0 aliphatic carbocycles. The van der Waals surface area contributed by atoms with E-state index in [0.29, 0.717) is 23.2 Å². The summed E-state index contributed by atoms with van der Waals surface area (Å²) >= 11 is 1.61. The number of hydrogen-bond acceptors (Lipinski definition) is 7. The maximum Gasteiger partial charge on any atom is 0.274 e. The zero-order valence-corrected chi connectivity index (χ0v) is 18.0. The van der Waals surface area contributed by atoms with E-state index in [1.165, 1.54) is 0 Å². The predicted molar refractivity (Wildman–Crippen MR) is 113 cm³/mol. The Morgan fingerprint density at radius 3 is 2.83 bits per heavy atom. The third-order valence-corrected chi connectivity index (χ3v) is 6.43. The van der Waals surface area contributed by atoms with E-state index in [0.717, 1.165) is 29.7 Å². The molecule has 2 aliphatic heterocycles. The number of ether oxygens (including phenoxy) is 1. The molecule has 2 aromatic rings. The summed E-state index contributed by atoms with van der Waals surface area (Å²) in [6.07, 6.45) is 1.64. The minimum absolute atomic E-state index is 0.143. The van der Waals surface area contributed by atoms with Crippen LogP contribution in [0.15, 0.2) is 34.4 Å². The predicted octanol–water partition coefficient (Wildman–Crippen LogP) is 2.54. The highest BCUT2D eigenvalue weighted by Gasteiger charge is 2.53. The van der Waals surface area contributed by atoms with Gasteiger partial charge in [0.2, 0.25) is 0 Å². The molecule has 4 rings (SSSR count). The Bertz CT molecular complexity index is 985. The number of aryl methyl sites for hydroxylation is 2. The van der Waals surface area contributed by atoms with Crippen LogP contribution in [0.3, 0.4) is 0 Å². The molecule has 1 unspecified atom stereocenters. The number of rotatable bonds is 7. The zero-order valence-electron chi connectivity index (χ0n) is 17.2. The lowest BCUT2D eigenvalue weighted by Crippen LogP contribution is -2.69. The van der Waals surface area contributed by atoms with E-state index in [1.54, 1.807) is 16.7 Å². The molecule has 1 fully saturated rings. The van der Waals surface area contributed by atoms with Gasteiger partial charge in [-0.05, 0) is 38.0 Å². The molecule has 0 saturated carbocycles. The van der Waals surface area contributed by atoms with Crippen LogP contribution in [0, 0.1) is 6.92 Å². The number of nitrogens with zero attached hydrogens (tertiary/aromatic N) is 3. The van der Waals surface area contributed by atoms with Gasteiger partial charge in [-0.1, -0.05) is 29.8 Å². The molecule has 1 saturated heterocycles. The van der Waals surface area contributed by atoms with Gasteiger partial charge in [-0.3, -0.25) is 14.5 Å². The number of carbonyl (C=O) groups is 2. The summed E-state index contributed by atoms with van der Waals surface area (Å²) in [4.78, 5) is 31.3. The first kappa shape index (κ1) is 20.5. The lowest BCUT2D eigenvalue weighted by molar-refractivity contribution is -0.144. The Kier molecular flexibility index (Phi) is 5.80. The summed E-state index contributed by atoms with van der Waals surface area (Å²) < 4.78 is 10.9. The lowest BCUT2D eigenvalue weighted by Gasteiger charge is -2.49. The summed E-state index contributed by atoms with van der Waals surface area (Å²) in [5.41, 5.74) is 2.78. The van der Waals surface area contributed by atoms with Gasteiger partial charge in [-0.2, -0.15) is 4.98 Å². The Morgan fingerprint density at radius 1 is 1.33 bits per heavy atom. The number of carbonyl (C=O) groups excluding carboxylic acids is 2. The molecule has 2 amide bonds. The standard InChI is InChI=1S/C21H24N4O4S/c1-4-5-15-22-19(29-24-15)18-13(3)11-30-21-17(20(27)25(18)21)23-16(26)10-28-14-8-6-12(2)7-9-14/h6-9,17,21H,4-5,10-11H2,1-3H3,(H,23,26)/t17-,21?/m1/s1. The van der Waals surface area contributed by atoms with Crippen LogP contribution < -0.4 is 10.1 Å². The van der Waals surface area contributed by atoms with E-state index >= 15 is 0 Å². The highest BCUT2D eigenvalue weighted by molar-refractivity contribution is 8.00. The smallest absolute Gasteiger partial charge is 0.274 e. The van der Waals surface area contributed by atoms with Crippen LogP contribution in [0.2, 0.25) is 0 Å². The summed E-state index contributed by atoms with van der Waals surface area (Å²) in [5.74, 6) is 1.83. The zero-order chi connectivity index (χ0) is 21.3. The topological polar surface area (TPSA) is 97.6 Å². The first-order valence-corrected chi connectivity index (χ1v) is 11.0. The lowest BCUT2D eigenvalue weighted by atomic mass is 10.0. The van der Waals surface area contributed by atoms with Crippen LogP contribution in [-0.4, -0.2) is 50.6 Å². The van der Waals surface area contributed by atoms with Crippen LogP contribution in [0.25, 0.3) is 5.70 Å². The third-order valence-electron chi connectivity index (χ3n) is 5.01. The van der Waals surface area contributed by atoms with Gasteiger partial charge >= 0.3 is 0 Å². The first-order valence-electron chi connectivity index (χ1n) is 9.94. The quantitative estimate of drug-likeness (QED) is 0.677. The van der Waals surface area contributed by atoms with Crippen LogP contribution >= 0.6 is 11.8 Å². The second-order valence-corrected chi connectivity index (χ2v) is 8.56. The van der Waals surface area contributed by atoms with E-state index in [4.69, 9.17) is 9.26 Å². The van der Waals surface area contributed by atoms with Gasteiger partial charge in [0.05, 0.1) is 0 Å². The number of amides is 2. The highest BCUT2D eigenvalue weighted by Crippen LogP contribution is 2.43. The second-order valence-electron chi connectivity index (χ2n) is 7.45.